The lowest BCUT2D eigenvalue weighted by Gasteiger charge is -2.30. The zero-order valence-corrected chi connectivity index (χ0v) is 13.4. The number of aliphatic hydroxyl groups is 1. The fraction of sp³-hybridized carbons (Fsp3) is 1.00. The van der Waals surface area contributed by atoms with Crippen molar-refractivity contribution in [3.8, 4) is 0 Å². The minimum Gasteiger partial charge on any atom is -0.394 e. The van der Waals surface area contributed by atoms with Gasteiger partial charge in [0.15, 0.2) is 0 Å². The number of aliphatic hydroxyl groups excluding tert-OH is 1. The maximum absolute atomic E-state index is 9.57. The van der Waals surface area contributed by atoms with Gasteiger partial charge in [0.25, 0.3) is 0 Å². The van der Waals surface area contributed by atoms with Crippen LogP contribution in [0.15, 0.2) is 0 Å². The van der Waals surface area contributed by atoms with E-state index in [0.29, 0.717) is 12.1 Å². The average molecular weight is 270 g/mol. The fourth-order valence-corrected chi connectivity index (χ4v) is 2.70. The standard InChI is InChI=1S/C16H34N2O/c1-5-14(3)18(6-2)12-8-7-11-16(4,13-19)17-15-9-10-15/h14-15,17,19H,5-13H2,1-4H3. The van der Waals surface area contributed by atoms with Gasteiger partial charge in [-0.15, -0.1) is 0 Å². The van der Waals surface area contributed by atoms with E-state index in [1.807, 2.05) is 0 Å². The molecule has 3 heteroatoms. The van der Waals surface area contributed by atoms with E-state index in [2.05, 4.69) is 37.9 Å². The number of nitrogens with zero attached hydrogens (tertiary/aromatic N) is 1. The summed E-state index contributed by atoms with van der Waals surface area (Å²) in [6.45, 7) is 11.6. The van der Waals surface area contributed by atoms with Gasteiger partial charge >= 0.3 is 0 Å². The van der Waals surface area contributed by atoms with Crippen molar-refractivity contribution in [1.82, 2.24) is 10.2 Å². The molecule has 0 amide bonds. The van der Waals surface area contributed by atoms with E-state index in [4.69, 9.17) is 0 Å². The predicted octanol–water partition coefficient (Wildman–Crippen LogP) is 2.78. The fourth-order valence-electron chi connectivity index (χ4n) is 2.70. The Balaban J connectivity index is 2.20. The van der Waals surface area contributed by atoms with Gasteiger partial charge in [-0.05, 0) is 59.0 Å². The second-order valence-electron chi connectivity index (χ2n) is 6.48. The normalized spacial score (nSPS) is 20.5. The molecule has 2 unspecified atom stereocenters. The molecular formula is C16H34N2O. The number of rotatable bonds is 11. The summed E-state index contributed by atoms with van der Waals surface area (Å²) in [4.78, 5) is 2.56. The van der Waals surface area contributed by atoms with Crippen molar-refractivity contribution in [2.75, 3.05) is 19.7 Å². The largest absolute Gasteiger partial charge is 0.394 e. The lowest BCUT2D eigenvalue weighted by Crippen LogP contribution is -2.47. The molecule has 0 aromatic carbocycles. The van der Waals surface area contributed by atoms with Gasteiger partial charge in [-0.3, -0.25) is 0 Å². The summed E-state index contributed by atoms with van der Waals surface area (Å²) in [5, 5.41) is 13.2. The molecule has 0 aromatic rings. The molecule has 0 bridgehead atoms. The molecule has 1 aliphatic carbocycles. The number of hydrogen-bond acceptors (Lipinski definition) is 3. The second kappa shape index (κ2) is 8.23. The van der Waals surface area contributed by atoms with Crippen LogP contribution in [0.25, 0.3) is 0 Å². The molecule has 0 spiro atoms. The summed E-state index contributed by atoms with van der Waals surface area (Å²) in [7, 11) is 0. The summed E-state index contributed by atoms with van der Waals surface area (Å²) in [6, 6.07) is 1.36. The molecule has 1 saturated carbocycles. The first-order valence-electron chi connectivity index (χ1n) is 8.17. The van der Waals surface area contributed by atoms with Crippen molar-refractivity contribution in [1.29, 1.82) is 0 Å². The van der Waals surface area contributed by atoms with Gasteiger partial charge in [0.05, 0.1) is 6.61 Å². The van der Waals surface area contributed by atoms with E-state index in [-0.39, 0.29) is 12.1 Å². The van der Waals surface area contributed by atoms with Crippen LogP contribution in [0, 0.1) is 0 Å². The minimum atomic E-state index is -0.0609. The van der Waals surface area contributed by atoms with E-state index >= 15 is 0 Å². The number of unbranched alkanes of at least 4 members (excludes halogenated alkanes) is 1. The molecule has 19 heavy (non-hydrogen) atoms. The van der Waals surface area contributed by atoms with Crippen LogP contribution in [0.5, 0.6) is 0 Å². The maximum atomic E-state index is 9.57. The summed E-state index contributed by atoms with van der Waals surface area (Å²) < 4.78 is 0. The maximum Gasteiger partial charge on any atom is 0.0610 e. The van der Waals surface area contributed by atoms with Gasteiger partial charge in [-0.1, -0.05) is 20.3 Å². The first kappa shape index (κ1) is 16.9. The molecule has 0 heterocycles. The van der Waals surface area contributed by atoms with E-state index in [9.17, 15) is 5.11 Å². The van der Waals surface area contributed by atoms with Gasteiger partial charge in [0.2, 0.25) is 0 Å². The molecule has 0 aliphatic heterocycles. The highest BCUT2D eigenvalue weighted by molar-refractivity contribution is 4.92. The third kappa shape index (κ3) is 6.24. The van der Waals surface area contributed by atoms with Crippen molar-refractivity contribution in [2.24, 2.45) is 0 Å². The Morgan fingerprint density at radius 3 is 2.47 bits per heavy atom. The van der Waals surface area contributed by atoms with Crippen LogP contribution in [0.1, 0.15) is 66.2 Å². The van der Waals surface area contributed by atoms with Crippen LogP contribution in [-0.4, -0.2) is 47.3 Å². The molecule has 1 aliphatic rings. The SMILES string of the molecule is CCC(C)N(CC)CCCCC(C)(CO)NC1CC1. The van der Waals surface area contributed by atoms with Crippen molar-refractivity contribution in [3.63, 3.8) is 0 Å². The summed E-state index contributed by atoms with van der Waals surface area (Å²) in [6.07, 6.45) is 7.31. The van der Waals surface area contributed by atoms with E-state index in [1.165, 1.54) is 38.6 Å². The van der Waals surface area contributed by atoms with Gasteiger partial charge < -0.3 is 15.3 Å². The van der Waals surface area contributed by atoms with Gasteiger partial charge in [0.1, 0.15) is 0 Å². The third-order valence-corrected chi connectivity index (χ3v) is 4.52. The second-order valence-corrected chi connectivity index (χ2v) is 6.48. The number of hydrogen-bond donors (Lipinski definition) is 2. The Hall–Kier alpha value is -0.120. The van der Waals surface area contributed by atoms with Crippen molar-refractivity contribution < 1.29 is 5.11 Å². The summed E-state index contributed by atoms with van der Waals surface area (Å²) in [5.74, 6) is 0. The first-order valence-corrected chi connectivity index (χ1v) is 8.17. The van der Waals surface area contributed by atoms with E-state index in [1.54, 1.807) is 0 Å². The molecule has 114 valence electrons. The third-order valence-electron chi connectivity index (χ3n) is 4.52. The van der Waals surface area contributed by atoms with Crippen molar-refractivity contribution in [2.45, 2.75) is 83.8 Å². The highest BCUT2D eigenvalue weighted by atomic mass is 16.3. The lowest BCUT2D eigenvalue weighted by molar-refractivity contribution is 0.156. The van der Waals surface area contributed by atoms with Gasteiger partial charge in [0, 0.05) is 17.6 Å². The molecule has 3 nitrogen and oxygen atoms in total. The van der Waals surface area contributed by atoms with Crippen LogP contribution >= 0.6 is 0 Å². The van der Waals surface area contributed by atoms with Crippen LogP contribution in [0.2, 0.25) is 0 Å². The Morgan fingerprint density at radius 1 is 1.32 bits per heavy atom. The monoisotopic (exact) mass is 270 g/mol. The van der Waals surface area contributed by atoms with Crippen molar-refractivity contribution >= 4 is 0 Å². The molecule has 2 N–H and O–H groups in total. The van der Waals surface area contributed by atoms with E-state index < -0.39 is 0 Å². The summed E-state index contributed by atoms with van der Waals surface area (Å²) >= 11 is 0. The van der Waals surface area contributed by atoms with Crippen molar-refractivity contribution in [3.05, 3.63) is 0 Å². The van der Waals surface area contributed by atoms with Crippen LogP contribution in [0.4, 0.5) is 0 Å². The van der Waals surface area contributed by atoms with Gasteiger partial charge in [-0.25, -0.2) is 0 Å². The lowest BCUT2D eigenvalue weighted by atomic mass is 9.95. The molecule has 1 rings (SSSR count). The molecular weight excluding hydrogens is 236 g/mol. The average Bonchev–Trinajstić information content (AvgIpc) is 3.22. The van der Waals surface area contributed by atoms with Crippen LogP contribution < -0.4 is 5.32 Å². The summed E-state index contributed by atoms with van der Waals surface area (Å²) in [5.41, 5.74) is -0.0609. The molecule has 0 saturated heterocycles. The van der Waals surface area contributed by atoms with Gasteiger partial charge in [-0.2, -0.15) is 0 Å². The first-order chi connectivity index (χ1) is 9.04. The highest BCUT2D eigenvalue weighted by Crippen LogP contribution is 2.25. The highest BCUT2D eigenvalue weighted by Gasteiger charge is 2.31. The zero-order valence-electron chi connectivity index (χ0n) is 13.4. The number of nitrogens with one attached hydrogen (secondary N) is 1. The van der Waals surface area contributed by atoms with Crippen LogP contribution in [0.3, 0.4) is 0 Å². The minimum absolute atomic E-state index is 0.0609. The Morgan fingerprint density at radius 2 is 2.00 bits per heavy atom. The molecule has 1 fully saturated rings. The Kier molecular flexibility index (Phi) is 7.33. The van der Waals surface area contributed by atoms with E-state index in [0.717, 1.165) is 13.0 Å². The molecule has 2 atom stereocenters. The Labute approximate surface area is 119 Å². The smallest absolute Gasteiger partial charge is 0.0610 e. The quantitative estimate of drug-likeness (QED) is 0.567. The molecule has 0 radical (unpaired) electrons. The molecule has 0 aromatic heterocycles. The topological polar surface area (TPSA) is 35.5 Å². The Bertz CT molecular complexity index is 243. The zero-order chi connectivity index (χ0) is 14.3. The predicted molar refractivity (Wildman–Crippen MR) is 82.5 cm³/mol. The van der Waals surface area contributed by atoms with Crippen LogP contribution in [-0.2, 0) is 0 Å².